The van der Waals surface area contributed by atoms with Crippen molar-refractivity contribution in [1.29, 1.82) is 0 Å². The summed E-state index contributed by atoms with van der Waals surface area (Å²) in [4.78, 5) is 17.3. The lowest BCUT2D eigenvalue weighted by molar-refractivity contribution is 0.0996. The lowest BCUT2D eigenvalue weighted by Gasteiger charge is -2.10. The first-order chi connectivity index (χ1) is 14.1. The smallest absolute Gasteiger partial charge is 0.291 e. The summed E-state index contributed by atoms with van der Waals surface area (Å²) in [5.74, 6) is -0.442. The van der Waals surface area contributed by atoms with Gasteiger partial charge in [-0.15, -0.1) is 5.10 Å². The van der Waals surface area contributed by atoms with Gasteiger partial charge in [0, 0.05) is 4.90 Å². The zero-order valence-corrected chi connectivity index (χ0v) is 16.5. The van der Waals surface area contributed by atoms with Crippen LogP contribution < -0.4 is 5.32 Å². The molecular formula is C20H14ClFN4O2S. The lowest BCUT2D eigenvalue weighted by atomic mass is 10.2. The predicted octanol–water partition coefficient (Wildman–Crippen LogP) is 5.12. The summed E-state index contributed by atoms with van der Waals surface area (Å²) in [7, 11) is 0. The monoisotopic (exact) mass is 428 g/mol. The molecule has 146 valence electrons. The molecule has 0 aliphatic heterocycles. The Bertz CT molecular complexity index is 1130. The quantitative estimate of drug-likeness (QED) is 0.461. The second-order valence-electron chi connectivity index (χ2n) is 5.98. The molecule has 0 radical (unpaired) electrons. The van der Waals surface area contributed by atoms with Gasteiger partial charge in [-0.25, -0.2) is 9.07 Å². The molecule has 0 aliphatic carbocycles. The maximum atomic E-state index is 13.1. The zero-order chi connectivity index (χ0) is 20.2. The number of furan rings is 1. The molecule has 29 heavy (non-hydrogen) atoms. The van der Waals surface area contributed by atoms with Crippen molar-refractivity contribution in [3.05, 3.63) is 89.4 Å². The summed E-state index contributed by atoms with van der Waals surface area (Å²) < 4.78 is 19.9. The van der Waals surface area contributed by atoms with Gasteiger partial charge in [-0.3, -0.25) is 4.79 Å². The van der Waals surface area contributed by atoms with Gasteiger partial charge >= 0.3 is 0 Å². The molecule has 0 aliphatic rings. The highest BCUT2D eigenvalue weighted by Crippen LogP contribution is 2.33. The maximum Gasteiger partial charge on any atom is 0.291 e. The Balaban J connectivity index is 1.57. The minimum Gasteiger partial charge on any atom is -0.459 e. The van der Waals surface area contributed by atoms with Crippen molar-refractivity contribution in [2.45, 2.75) is 16.6 Å². The van der Waals surface area contributed by atoms with E-state index in [0.717, 1.165) is 10.5 Å². The summed E-state index contributed by atoms with van der Waals surface area (Å²) >= 11 is 7.33. The van der Waals surface area contributed by atoms with E-state index in [-0.39, 0.29) is 22.8 Å². The number of carbonyl (C=O) groups is 1. The van der Waals surface area contributed by atoms with E-state index < -0.39 is 0 Å². The molecule has 0 fully saturated rings. The highest BCUT2D eigenvalue weighted by Gasteiger charge is 2.16. The van der Waals surface area contributed by atoms with Crippen LogP contribution in [-0.4, -0.2) is 20.7 Å². The molecule has 6 nitrogen and oxygen atoms in total. The van der Waals surface area contributed by atoms with Gasteiger partial charge in [0.05, 0.1) is 18.5 Å². The Kier molecular flexibility index (Phi) is 5.64. The van der Waals surface area contributed by atoms with Crippen molar-refractivity contribution in [3.8, 4) is 0 Å². The van der Waals surface area contributed by atoms with Crippen molar-refractivity contribution < 1.29 is 13.6 Å². The topological polar surface area (TPSA) is 73.0 Å². The molecule has 2 heterocycles. The predicted molar refractivity (Wildman–Crippen MR) is 108 cm³/mol. The van der Waals surface area contributed by atoms with Gasteiger partial charge in [-0.1, -0.05) is 24.3 Å². The van der Waals surface area contributed by atoms with E-state index >= 15 is 0 Å². The Morgan fingerprint density at radius 3 is 2.69 bits per heavy atom. The van der Waals surface area contributed by atoms with Gasteiger partial charge in [-0.05, 0) is 65.3 Å². The molecule has 1 N–H and O–H groups in total. The number of hydrogen-bond donors (Lipinski definition) is 1. The van der Waals surface area contributed by atoms with Gasteiger partial charge in [0.2, 0.25) is 5.28 Å². The second kappa shape index (κ2) is 8.50. The van der Waals surface area contributed by atoms with Gasteiger partial charge in [0.1, 0.15) is 5.82 Å². The first kappa shape index (κ1) is 19.2. The molecule has 4 rings (SSSR count). The normalized spacial score (nSPS) is 10.8. The summed E-state index contributed by atoms with van der Waals surface area (Å²) in [5.41, 5.74) is 1.46. The van der Waals surface area contributed by atoms with E-state index in [1.807, 2.05) is 18.2 Å². The molecule has 9 heteroatoms. The summed E-state index contributed by atoms with van der Waals surface area (Å²) in [6, 6.07) is 16.7. The molecule has 4 aromatic rings. The number of amides is 1. The molecule has 0 atom stereocenters. The Morgan fingerprint density at radius 2 is 1.93 bits per heavy atom. The molecule has 0 bridgehead atoms. The number of nitrogens with one attached hydrogen (secondary N) is 1. The molecule has 0 saturated heterocycles. The van der Waals surface area contributed by atoms with E-state index in [1.165, 1.54) is 30.2 Å². The van der Waals surface area contributed by atoms with Crippen LogP contribution in [0.25, 0.3) is 0 Å². The van der Waals surface area contributed by atoms with Crippen molar-refractivity contribution in [2.24, 2.45) is 0 Å². The summed E-state index contributed by atoms with van der Waals surface area (Å²) in [6.07, 6.45) is 1.44. The van der Waals surface area contributed by atoms with E-state index in [4.69, 9.17) is 16.0 Å². The van der Waals surface area contributed by atoms with Crippen LogP contribution in [0.2, 0.25) is 5.28 Å². The molecular weight excluding hydrogens is 415 g/mol. The minimum absolute atomic E-state index is 0.103. The molecule has 0 unspecified atom stereocenters. The molecule has 2 aromatic carbocycles. The van der Waals surface area contributed by atoms with E-state index in [2.05, 4.69) is 15.4 Å². The number of rotatable bonds is 6. The number of halogens is 2. The van der Waals surface area contributed by atoms with Gasteiger partial charge in [-0.2, -0.15) is 4.98 Å². The van der Waals surface area contributed by atoms with Crippen LogP contribution in [0.5, 0.6) is 0 Å². The highest BCUT2D eigenvalue weighted by molar-refractivity contribution is 7.99. The first-order valence-corrected chi connectivity index (χ1v) is 9.74. The third kappa shape index (κ3) is 4.67. The Hall–Kier alpha value is -3.10. The maximum absolute atomic E-state index is 13.1. The highest BCUT2D eigenvalue weighted by atomic mass is 35.5. The number of hydrogen-bond acceptors (Lipinski definition) is 5. The number of para-hydroxylation sites is 1. The van der Waals surface area contributed by atoms with Crippen molar-refractivity contribution in [1.82, 2.24) is 14.8 Å². The SMILES string of the molecule is O=C(Nc1ccccc1Sc1nc(Cl)nn1Cc1ccc(F)cc1)c1ccco1. The van der Waals surface area contributed by atoms with Crippen molar-refractivity contribution >= 4 is 35.0 Å². The average molecular weight is 429 g/mol. The fourth-order valence-corrected chi connectivity index (χ4v) is 3.73. The van der Waals surface area contributed by atoms with Crippen LogP contribution in [0, 0.1) is 5.82 Å². The standard InChI is InChI=1S/C20H14ClFN4O2S/c21-19-24-20(26(25-19)12-13-7-9-14(22)10-8-13)29-17-6-2-1-4-15(17)23-18(27)16-5-3-11-28-16/h1-11H,12H2,(H,23,27). The Morgan fingerprint density at radius 1 is 1.14 bits per heavy atom. The Labute approximate surface area is 174 Å². The van der Waals surface area contributed by atoms with E-state index in [9.17, 15) is 9.18 Å². The van der Waals surface area contributed by atoms with Gasteiger partial charge < -0.3 is 9.73 Å². The first-order valence-electron chi connectivity index (χ1n) is 8.55. The minimum atomic E-state index is -0.353. The molecule has 2 aromatic heterocycles. The van der Waals surface area contributed by atoms with Crippen LogP contribution in [0.15, 0.2) is 81.4 Å². The fraction of sp³-hybridized carbons (Fsp3) is 0.0500. The number of aromatic nitrogens is 3. The van der Waals surface area contributed by atoms with Crippen molar-refractivity contribution in [2.75, 3.05) is 5.32 Å². The second-order valence-corrected chi connectivity index (χ2v) is 7.32. The molecule has 0 spiro atoms. The van der Waals surface area contributed by atoms with E-state index in [1.54, 1.807) is 35.0 Å². The van der Waals surface area contributed by atoms with Crippen LogP contribution in [0.3, 0.4) is 0 Å². The molecule has 1 amide bonds. The zero-order valence-electron chi connectivity index (χ0n) is 14.9. The third-order valence-corrected chi connectivity index (χ3v) is 5.16. The lowest BCUT2D eigenvalue weighted by Crippen LogP contribution is -2.11. The molecule has 0 saturated carbocycles. The number of nitrogens with zero attached hydrogens (tertiary/aromatic N) is 3. The van der Waals surface area contributed by atoms with Gasteiger partial charge in [0.15, 0.2) is 10.9 Å². The van der Waals surface area contributed by atoms with Crippen molar-refractivity contribution in [3.63, 3.8) is 0 Å². The number of anilines is 1. The number of benzene rings is 2. The van der Waals surface area contributed by atoms with Crippen LogP contribution in [0.1, 0.15) is 16.1 Å². The summed E-state index contributed by atoms with van der Waals surface area (Å²) in [6.45, 7) is 0.378. The number of carbonyl (C=O) groups excluding carboxylic acids is 1. The van der Waals surface area contributed by atoms with Crippen LogP contribution in [0.4, 0.5) is 10.1 Å². The van der Waals surface area contributed by atoms with Gasteiger partial charge in [0.25, 0.3) is 5.91 Å². The average Bonchev–Trinajstić information content (AvgIpc) is 3.35. The summed E-state index contributed by atoms with van der Waals surface area (Å²) in [5, 5.41) is 7.68. The van der Waals surface area contributed by atoms with Crippen LogP contribution in [-0.2, 0) is 6.54 Å². The van der Waals surface area contributed by atoms with E-state index in [0.29, 0.717) is 17.4 Å². The fourth-order valence-electron chi connectivity index (χ4n) is 2.59. The third-order valence-electron chi connectivity index (χ3n) is 3.94. The largest absolute Gasteiger partial charge is 0.459 e. The van der Waals surface area contributed by atoms with Crippen LogP contribution >= 0.6 is 23.4 Å².